The van der Waals surface area contributed by atoms with Gasteiger partial charge in [0.05, 0.1) is 0 Å². The molecule has 1 aliphatic carbocycles. The SMILES string of the molecule is CN1CC(Nc2nc3c(c(C(F)(F)F)n2)CCCC3)CCC1=O. The van der Waals surface area contributed by atoms with Crippen LogP contribution in [0.3, 0.4) is 0 Å². The minimum absolute atomic E-state index is 0.0192. The number of piperidine rings is 1. The zero-order valence-corrected chi connectivity index (χ0v) is 12.9. The van der Waals surface area contributed by atoms with E-state index in [1.165, 1.54) is 0 Å². The van der Waals surface area contributed by atoms with Crippen LogP contribution in [0.5, 0.6) is 0 Å². The zero-order valence-electron chi connectivity index (χ0n) is 12.9. The molecular weight excluding hydrogens is 309 g/mol. The van der Waals surface area contributed by atoms with Crippen LogP contribution < -0.4 is 5.32 Å². The first-order valence-corrected chi connectivity index (χ1v) is 7.82. The van der Waals surface area contributed by atoms with Gasteiger partial charge in [-0.05, 0) is 32.1 Å². The smallest absolute Gasteiger partial charge is 0.350 e. The average molecular weight is 328 g/mol. The standard InChI is InChI=1S/C15H19F3N4O/c1-22-8-9(6-7-12(22)23)19-14-20-11-5-3-2-4-10(11)13(21-14)15(16,17)18/h9H,2-8H2,1H3,(H,19,20,21). The van der Waals surface area contributed by atoms with E-state index in [0.29, 0.717) is 37.9 Å². The Bertz CT molecular complexity index is 617. The molecule has 0 aromatic carbocycles. The summed E-state index contributed by atoms with van der Waals surface area (Å²) in [6, 6.07) is -0.125. The van der Waals surface area contributed by atoms with Crippen LogP contribution >= 0.6 is 0 Å². The fourth-order valence-electron chi connectivity index (χ4n) is 3.21. The van der Waals surface area contributed by atoms with Gasteiger partial charge in [0.15, 0.2) is 5.69 Å². The largest absolute Gasteiger partial charge is 0.433 e. The summed E-state index contributed by atoms with van der Waals surface area (Å²) in [5.74, 6) is 0.0658. The summed E-state index contributed by atoms with van der Waals surface area (Å²) in [4.78, 5) is 21.1. The lowest BCUT2D eigenvalue weighted by molar-refractivity contribution is -0.142. The highest BCUT2D eigenvalue weighted by atomic mass is 19.4. The van der Waals surface area contributed by atoms with E-state index in [0.717, 1.165) is 12.8 Å². The maximum Gasteiger partial charge on any atom is 0.433 e. The maximum absolute atomic E-state index is 13.3. The molecule has 0 spiro atoms. The van der Waals surface area contributed by atoms with Crippen LogP contribution in [-0.4, -0.2) is 40.4 Å². The van der Waals surface area contributed by atoms with E-state index in [9.17, 15) is 18.0 Å². The summed E-state index contributed by atoms with van der Waals surface area (Å²) >= 11 is 0. The molecular formula is C15H19F3N4O. The van der Waals surface area contributed by atoms with Crippen LogP contribution in [0.4, 0.5) is 19.1 Å². The molecule has 1 aromatic heterocycles. The molecule has 0 bridgehead atoms. The molecule has 23 heavy (non-hydrogen) atoms. The van der Waals surface area contributed by atoms with Crippen LogP contribution in [0.1, 0.15) is 42.6 Å². The van der Waals surface area contributed by atoms with Crippen LogP contribution in [-0.2, 0) is 23.8 Å². The monoisotopic (exact) mass is 328 g/mol. The summed E-state index contributed by atoms with van der Waals surface area (Å²) in [5.41, 5.74) is -0.0727. The van der Waals surface area contributed by atoms with E-state index < -0.39 is 11.9 Å². The summed E-state index contributed by atoms with van der Waals surface area (Å²) in [5, 5.41) is 2.98. The topological polar surface area (TPSA) is 58.1 Å². The van der Waals surface area contributed by atoms with E-state index in [4.69, 9.17) is 0 Å². The number of amides is 1. The van der Waals surface area contributed by atoms with Crippen LogP contribution in [0.25, 0.3) is 0 Å². The highest BCUT2D eigenvalue weighted by Crippen LogP contribution is 2.35. The summed E-state index contributed by atoms with van der Waals surface area (Å²) in [6.45, 7) is 0.445. The second-order valence-electron chi connectivity index (χ2n) is 6.18. The Hall–Kier alpha value is -1.86. The van der Waals surface area contributed by atoms with Crippen molar-refractivity contribution < 1.29 is 18.0 Å². The van der Waals surface area contributed by atoms with E-state index >= 15 is 0 Å². The number of aromatic nitrogens is 2. The van der Waals surface area contributed by atoms with E-state index in [-0.39, 0.29) is 23.5 Å². The molecule has 2 heterocycles. The third-order valence-electron chi connectivity index (χ3n) is 4.41. The first-order chi connectivity index (χ1) is 10.8. The predicted octanol–water partition coefficient (Wildman–Crippen LogP) is 2.41. The van der Waals surface area contributed by atoms with Gasteiger partial charge in [-0.3, -0.25) is 4.79 Å². The van der Waals surface area contributed by atoms with Crippen LogP contribution in [0, 0.1) is 0 Å². The van der Waals surface area contributed by atoms with Crippen molar-refractivity contribution >= 4 is 11.9 Å². The Morgan fingerprint density at radius 3 is 2.61 bits per heavy atom. The van der Waals surface area contributed by atoms with E-state index in [1.54, 1.807) is 11.9 Å². The van der Waals surface area contributed by atoms with E-state index in [2.05, 4.69) is 15.3 Å². The Morgan fingerprint density at radius 1 is 1.17 bits per heavy atom. The molecule has 0 saturated carbocycles. The number of nitrogens with one attached hydrogen (secondary N) is 1. The van der Waals surface area contributed by atoms with Crippen molar-refractivity contribution in [2.24, 2.45) is 0 Å². The molecule has 2 aliphatic rings. The van der Waals surface area contributed by atoms with E-state index in [1.807, 2.05) is 0 Å². The zero-order chi connectivity index (χ0) is 16.6. The van der Waals surface area contributed by atoms with Crippen molar-refractivity contribution in [3.8, 4) is 0 Å². The Balaban J connectivity index is 1.86. The molecule has 1 amide bonds. The van der Waals surface area contributed by atoms with Crippen molar-refractivity contribution in [2.75, 3.05) is 18.9 Å². The average Bonchev–Trinajstić information content (AvgIpc) is 2.49. The fraction of sp³-hybridized carbons (Fsp3) is 0.667. The lowest BCUT2D eigenvalue weighted by Crippen LogP contribution is -2.43. The number of aryl methyl sites for hydroxylation is 1. The number of carbonyl (C=O) groups excluding carboxylic acids is 1. The van der Waals surface area contributed by atoms with Gasteiger partial charge >= 0.3 is 6.18 Å². The molecule has 1 aliphatic heterocycles. The highest BCUT2D eigenvalue weighted by Gasteiger charge is 2.38. The second kappa shape index (κ2) is 5.98. The molecule has 1 aromatic rings. The molecule has 1 fully saturated rings. The predicted molar refractivity (Wildman–Crippen MR) is 78.0 cm³/mol. The lowest BCUT2D eigenvalue weighted by atomic mass is 9.94. The van der Waals surface area contributed by atoms with Gasteiger partial charge in [-0.25, -0.2) is 9.97 Å². The molecule has 1 atom stereocenters. The van der Waals surface area contributed by atoms with Gasteiger partial charge in [0.2, 0.25) is 11.9 Å². The first-order valence-electron chi connectivity index (χ1n) is 7.82. The number of carbonyl (C=O) groups is 1. The third-order valence-corrected chi connectivity index (χ3v) is 4.41. The van der Waals surface area contributed by atoms with Gasteiger partial charge in [0.25, 0.3) is 0 Å². The van der Waals surface area contributed by atoms with Crippen molar-refractivity contribution in [3.05, 3.63) is 17.0 Å². The number of likely N-dealkylation sites (N-methyl/N-ethyl adjacent to an activating group) is 1. The molecule has 8 heteroatoms. The minimum Gasteiger partial charge on any atom is -0.350 e. The van der Waals surface area contributed by atoms with Crippen molar-refractivity contribution in [1.29, 1.82) is 0 Å². The van der Waals surface area contributed by atoms with Crippen molar-refractivity contribution in [3.63, 3.8) is 0 Å². The summed E-state index contributed by atoms with van der Waals surface area (Å²) in [6.07, 6.45) is -0.997. The van der Waals surface area contributed by atoms with Crippen molar-refractivity contribution in [2.45, 2.75) is 50.7 Å². The van der Waals surface area contributed by atoms with Crippen LogP contribution in [0.15, 0.2) is 0 Å². The minimum atomic E-state index is -4.47. The Labute approximate surface area is 132 Å². The van der Waals surface area contributed by atoms with Gasteiger partial charge < -0.3 is 10.2 Å². The number of anilines is 1. The summed E-state index contributed by atoms with van der Waals surface area (Å²) in [7, 11) is 1.69. The number of likely N-dealkylation sites (tertiary alicyclic amines) is 1. The van der Waals surface area contributed by atoms with Gasteiger partial charge in [0.1, 0.15) is 0 Å². The lowest BCUT2D eigenvalue weighted by Gasteiger charge is -2.30. The number of halogens is 3. The number of nitrogens with zero attached hydrogens (tertiary/aromatic N) is 3. The molecule has 3 rings (SSSR count). The van der Waals surface area contributed by atoms with Gasteiger partial charge in [-0.2, -0.15) is 13.2 Å². The molecule has 1 N–H and O–H groups in total. The Morgan fingerprint density at radius 2 is 1.91 bits per heavy atom. The summed E-state index contributed by atoms with van der Waals surface area (Å²) < 4.78 is 39.8. The third kappa shape index (κ3) is 3.40. The fourth-order valence-corrected chi connectivity index (χ4v) is 3.21. The molecule has 1 saturated heterocycles. The normalized spacial score (nSPS) is 22.0. The highest BCUT2D eigenvalue weighted by molar-refractivity contribution is 5.76. The first kappa shape index (κ1) is 16.0. The van der Waals surface area contributed by atoms with Gasteiger partial charge in [-0.1, -0.05) is 0 Å². The number of fused-ring (bicyclic) bond motifs is 1. The maximum atomic E-state index is 13.3. The number of alkyl halides is 3. The van der Waals surface area contributed by atoms with Gasteiger partial charge in [0, 0.05) is 37.3 Å². The second-order valence-corrected chi connectivity index (χ2v) is 6.18. The number of hydrogen-bond donors (Lipinski definition) is 1. The molecule has 1 unspecified atom stereocenters. The van der Waals surface area contributed by atoms with Crippen molar-refractivity contribution in [1.82, 2.24) is 14.9 Å². The quantitative estimate of drug-likeness (QED) is 0.906. The number of rotatable bonds is 2. The van der Waals surface area contributed by atoms with Gasteiger partial charge in [-0.15, -0.1) is 0 Å². The number of hydrogen-bond acceptors (Lipinski definition) is 4. The molecule has 5 nitrogen and oxygen atoms in total. The molecule has 126 valence electrons. The Kier molecular flexibility index (Phi) is 4.16. The van der Waals surface area contributed by atoms with Crippen LogP contribution in [0.2, 0.25) is 0 Å². The molecule has 0 radical (unpaired) electrons.